The van der Waals surface area contributed by atoms with Crippen LogP contribution in [0.15, 0.2) is 71.6 Å². The molecule has 0 aliphatic carbocycles. The number of rotatable bonds is 6. The molecule has 0 heterocycles. The summed E-state index contributed by atoms with van der Waals surface area (Å²) >= 11 is 0. The van der Waals surface area contributed by atoms with Crippen molar-refractivity contribution >= 4 is 15.7 Å². The summed E-state index contributed by atoms with van der Waals surface area (Å²) in [6, 6.07) is 20.6. The molecule has 0 amide bonds. The summed E-state index contributed by atoms with van der Waals surface area (Å²) in [6.45, 7) is 5.80. The summed E-state index contributed by atoms with van der Waals surface area (Å²) in [6.07, 6.45) is 0. The molecule has 0 spiro atoms. The van der Waals surface area contributed by atoms with E-state index < -0.39 is 10.0 Å². The van der Waals surface area contributed by atoms with Crippen LogP contribution in [0.1, 0.15) is 22.3 Å². The topological polar surface area (TPSA) is 46.6 Å². The Labute approximate surface area is 167 Å². The van der Waals surface area contributed by atoms with E-state index in [-0.39, 0.29) is 6.54 Å². The third-order valence-electron chi connectivity index (χ3n) is 4.96. The number of sulfonamides is 1. The highest BCUT2D eigenvalue weighted by Crippen LogP contribution is 2.34. The molecule has 5 heteroatoms. The molecule has 0 saturated carbocycles. The second-order valence-corrected chi connectivity index (χ2v) is 8.61. The fourth-order valence-corrected chi connectivity index (χ4v) is 5.34. The Bertz CT molecular complexity index is 1060. The molecular weight excluding hydrogens is 370 g/mol. The first-order valence-corrected chi connectivity index (χ1v) is 10.6. The van der Waals surface area contributed by atoms with Crippen molar-refractivity contribution in [2.45, 2.75) is 32.2 Å². The maximum Gasteiger partial charge on any atom is 0.265 e. The van der Waals surface area contributed by atoms with E-state index >= 15 is 0 Å². The van der Waals surface area contributed by atoms with Gasteiger partial charge >= 0.3 is 0 Å². The molecule has 0 N–H and O–H groups in total. The minimum Gasteiger partial charge on any atom is -0.496 e. The van der Waals surface area contributed by atoms with Gasteiger partial charge in [0.2, 0.25) is 0 Å². The highest BCUT2D eigenvalue weighted by atomic mass is 32.2. The van der Waals surface area contributed by atoms with Crippen molar-refractivity contribution in [1.82, 2.24) is 0 Å². The van der Waals surface area contributed by atoms with Crippen molar-refractivity contribution in [2.75, 3.05) is 11.4 Å². The number of aryl methyl sites for hydroxylation is 1. The van der Waals surface area contributed by atoms with Gasteiger partial charge in [-0.1, -0.05) is 48.5 Å². The van der Waals surface area contributed by atoms with Gasteiger partial charge in [0.25, 0.3) is 10.0 Å². The summed E-state index contributed by atoms with van der Waals surface area (Å²) < 4.78 is 34.5. The van der Waals surface area contributed by atoms with Gasteiger partial charge in [-0.3, -0.25) is 4.31 Å². The molecule has 146 valence electrons. The zero-order chi connectivity index (χ0) is 20.3. The van der Waals surface area contributed by atoms with Crippen LogP contribution in [0.4, 0.5) is 5.69 Å². The van der Waals surface area contributed by atoms with Crippen LogP contribution in [-0.2, 0) is 16.6 Å². The molecule has 3 aromatic rings. The van der Waals surface area contributed by atoms with Crippen LogP contribution in [0.2, 0.25) is 0 Å². The predicted octanol–water partition coefficient (Wildman–Crippen LogP) is 5.02. The maximum atomic E-state index is 13.8. The van der Waals surface area contributed by atoms with Crippen molar-refractivity contribution in [3.05, 3.63) is 89.0 Å². The van der Waals surface area contributed by atoms with Crippen molar-refractivity contribution in [1.29, 1.82) is 0 Å². The normalized spacial score (nSPS) is 11.3. The van der Waals surface area contributed by atoms with E-state index in [9.17, 15) is 8.42 Å². The van der Waals surface area contributed by atoms with Crippen LogP contribution in [0.25, 0.3) is 0 Å². The molecular formula is C23H25NO3S. The van der Waals surface area contributed by atoms with Crippen molar-refractivity contribution in [2.24, 2.45) is 0 Å². The molecule has 0 saturated heterocycles. The lowest BCUT2D eigenvalue weighted by atomic mass is 10.1. The zero-order valence-corrected chi connectivity index (χ0v) is 17.5. The monoisotopic (exact) mass is 395 g/mol. The fraction of sp³-hybridized carbons (Fsp3) is 0.217. The number of methoxy groups -OCH3 is 1. The van der Waals surface area contributed by atoms with Crippen molar-refractivity contribution in [3.8, 4) is 5.75 Å². The third kappa shape index (κ3) is 3.76. The zero-order valence-electron chi connectivity index (χ0n) is 16.6. The average Bonchev–Trinajstić information content (AvgIpc) is 2.70. The lowest BCUT2D eigenvalue weighted by molar-refractivity contribution is 0.410. The largest absolute Gasteiger partial charge is 0.496 e. The number of ether oxygens (including phenoxy) is 1. The van der Waals surface area contributed by atoms with E-state index in [0.29, 0.717) is 27.5 Å². The fourth-order valence-electron chi connectivity index (χ4n) is 3.40. The predicted molar refractivity (Wildman–Crippen MR) is 113 cm³/mol. The van der Waals surface area contributed by atoms with Gasteiger partial charge in [0, 0.05) is 0 Å². The van der Waals surface area contributed by atoms with Gasteiger partial charge in [0.15, 0.2) is 0 Å². The van der Waals surface area contributed by atoms with E-state index in [4.69, 9.17) is 4.74 Å². The van der Waals surface area contributed by atoms with Gasteiger partial charge in [-0.05, 0) is 61.2 Å². The van der Waals surface area contributed by atoms with Crippen LogP contribution in [0.5, 0.6) is 5.75 Å². The molecule has 0 atom stereocenters. The van der Waals surface area contributed by atoms with Gasteiger partial charge in [-0.2, -0.15) is 0 Å². The Balaban J connectivity index is 2.18. The second kappa shape index (κ2) is 8.07. The Hall–Kier alpha value is -2.79. The molecule has 3 aromatic carbocycles. The van der Waals surface area contributed by atoms with Crippen LogP contribution in [0.3, 0.4) is 0 Å². The smallest absolute Gasteiger partial charge is 0.265 e. The van der Waals surface area contributed by atoms with Gasteiger partial charge < -0.3 is 4.74 Å². The van der Waals surface area contributed by atoms with E-state index in [1.165, 1.54) is 4.31 Å². The number of benzene rings is 3. The first-order valence-electron chi connectivity index (χ1n) is 9.12. The highest BCUT2D eigenvalue weighted by Gasteiger charge is 2.30. The first kappa shape index (κ1) is 20.0. The summed E-state index contributed by atoms with van der Waals surface area (Å²) in [7, 11) is -2.19. The molecule has 0 unspecified atom stereocenters. The molecule has 0 aliphatic rings. The Morgan fingerprint density at radius 2 is 1.43 bits per heavy atom. The quantitative estimate of drug-likeness (QED) is 0.589. The number of nitrogens with zero attached hydrogens (tertiary/aromatic N) is 1. The van der Waals surface area contributed by atoms with Crippen LogP contribution >= 0.6 is 0 Å². The average molecular weight is 396 g/mol. The number of hydrogen-bond acceptors (Lipinski definition) is 3. The van der Waals surface area contributed by atoms with Gasteiger partial charge in [0.05, 0.1) is 24.2 Å². The lowest BCUT2D eigenvalue weighted by Gasteiger charge is -2.27. The summed E-state index contributed by atoms with van der Waals surface area (Å²) in [5.41, 5.74) is 3.79. The van der Waals surface area contributed by atoms with Crippen LogP contribution < -0.4 is 9.04 Å². The molecule has 3 rings (SSSR count). The number of hydrogen-bond donors (Lipinski definition) is 0. The third-order valence-corrected chi connectivity index (χ3v) is 7.02. The molecule has 4 nitrogen and oxygen atoms in total. The molecule has 0 aromatic heterocycles. The Kier molecular flexibility index (Phi) is 5.75. The van der Waals surface area contributed by atoms with Crippen molar-refractivity contribution in [3.63, 3.8) is 0 Å². The summed E-state index contributed by atoms with van der Waals surface area (Å²) in [5.74, 6) is 0.697. The summed E-state index contributed by atoms with van der Waals surface area (Å²) in [5, 5.41) is 0. The molecule has 0 bridgehead atoms. The minimum atomic E-state index is -3.78. The lowest BCUT2D eigenvalue weighted by Crippen LogP contribution is -2.31. The van der Waals surface area contributed by atoms with Gasteiger partial charge in [-0.25, -0.2) is 8.42 Å². The van der Waals surface area contributed by atoms with E-state index in [1.54, 1.807) is 13.2 Å². The summed E-state index contributed by atoms with van der Waals surface area (Å²) in [4.78, 5) is 0.339. The minimum absolute atomic E-state index is 0.261. The molecule has 0 aliphatic heterocycles. The maximum absolute atomic E-state index is 13.8. The SMILES string of the molecule is COc1cc(C)c(S(=O)(=O)N(Cc2ccccc2)c2ccccc2)c(C)c1C. The van der Waals surface area contributed by atoms with Gasteiger partial charge in [-0.15, -0.1) is 0 Å². The van der Waals surface area contributed by atoms with E-state index in [0.717, 1.165) is 11.1 Å². The number of para-hydroxylation sites is 1. The Morgan fingerprint density at radius 1 is 0.857 bits per heavy atom. The Morgan fingerprint density at radius 3 is 2.00 bits per heavy atom. The van der Waals surface area contributed by atoms with Crippen LogP contribution in [0, 0.1) is 20.8 Å². The molecule has 0 radical (unpaired) electrons. The standard InChI is InChI=1S/C23H25NO3S/c1-17-15-22(27-4)18(2)19(3)23(17)28(25,26)24(21-13-9-6-10-14-21)16-20-11-7-5-8-12-20/h5-15H,16H2,1-4H3. The number of anilines is 1. The van der Waals surface area contributed by atoms with E-state index in [2.05, 4.69) is 0 Å². The van der Waals surface area contributed by atoms with Crippen molar-refractivity contribution < 1.29 is 13.2 Å². The van der Waals surface area contributed by atoms with Gasteiger partial charge in [0.1, 0.15) is 5.75 Å². The molecule has 0 fully saturated rings. The molecule has 28 heavy (non-hydrogen) atoms. The second-order valence-electron chi connectivity index (χ2n) is 6.81. The van der Waals surface area contributed by atoms with Crippen LogP contribution in [-0.4, -0.2) is 15.5 Å². The van der Waals surface area contributed by atoms with E-state index in [1.807, 2.05) is 81.4 Å². The highest BCUT2D eigenvalue weighted by molar-refractivity contribution is 7.92. The first-order chi connectivity index (χ1) is 13.4.